The van der Waals surface area contributed by atoms with Gasteiger partial charge in [0.25, 0.3) is 5.91 Å². The summed E-state index contributed by atoms with van der Waals surface area (Å²) >= 11 is 0. The van der Waals surface area contributed by atoms with Crippen LogP contribution >= 0.6 is 0 Å². The summed E-state index contributed by atoms with van der Waals surface area (Å²) in [7, 11) is 1.41. The Kier molecular flexibility index (Phi) is 6.71. The molecule has 0 unspecified atom stereocenters. The zero-order valence-electron chi connectivity index (χ0n) is 19.0. The molecule has 1 aliphatic heterocycles. The standard InChI is InChI=1S/C22H29N5O5/c1-14-11-17-16(12-27(14)21(30)32-22(2,3)4)18(24-23-17)19(28)26(5)25-20(29)31-13-15-9-7-6-8-10-15/h6-10,14H,11-13H2,1-5H3,(H,23,24)(H,25,29)/t14-/m1/s1. The highest BCUT2D eigenvalue weighted by Gasteiger charge is 2.35. The fourth-order valence-corrected chi connectivity index (χ4v) is 3.32. The van der Waals surface area contributed by atoms with Crippen molar-refractivity contribution in [2.24, 2.45) is 0 Å². The van der Waals surface area contributed by atoms with E-state index in [0.717, 1.165) is 16.3 Å². The van der Waals surface area contributed by atoms with Gasteiger partial charge in [-0.05, 0) is 33.3 Å². The molecule has 3 rings (SSSR count). The Hall–Kier alpha value is -3.56. The number of benzene rings is 1. The summed E-state index contributed by atoms with van der Waals surface area (Å²) in [5, 5.41) is 8.03. The molecule has 172 valence electrons. The monoisotopic (exact) mass is 443 g/mol. The number of rotatable bonds is 3. The number of hydrazine groups is 1. The molecule has 10 nitrogen and oxygen atoms in total. The number of carbonyl (C=O) groups excluding carboxylic acids is 3. The van der Waals surface area contributed by atoms with E-state index in [1.807, 2.05) is 37.3 Å². The first kappa shape index (κ1) is 23.1. The number of hydrogen-bond acceptors (Lipinski definition) is 6. The molecule has 0 spiro atoms. The summed E-state index contributed by atoms with van der Waals surface area (Å²) in [6.45, 7) is 7.57. The molecule has 2 aromatic rings. The summed E-state index contributed by atoms with van der Waals surface area (Å²) in [5.74, 6) is -0.530. The number of ether oxygens (including phenoxy) is 2. The molecular formula is C22H29N5O5. The van der Waals surface area contributed by atoms with Crippen molar-refractivity contribution in [3.05, 3.63) is 52.8 Å². The Morgan fingerprint density at radius 2 is 1.94 bits per heavy atom. The van der Waals surface area contributed by atoms with Crippen molar-refractivity contribution in [3.63, 3.8) is 0 Å². The zero-order chi connectivity index (χ0) is 23.5. The smallest absolute Gasteiger partial charge is 0.426 e. The summed E-state index contributed by atoms with van der Waals surface area (Å²) in [4.78, 5) is 39.2. The summed E-state index contributed by atoms with van der Waals surface area (Å²) in [6.07, 6.45) is -0.713. The highest BCUT2D eigenvalue weighted by atomic mass is 16.6. The van der Waals surface area contributed by atoms with Gasteiger partial charge in [0.15, 0.2) is 5.69 Å². The third-order valence-corrected chi connectivity index (χ3v) is 4.92. The van der Waals surface area contributed by atoms with E-state index in [1.165, 1.54) is 7.05 Å². The van der Waals surface area contributed by atoms with E-state index >= 15 is 0 Å². The number of nitrogens with zero attached hydrogens (tertiary/aromatic N) is 3. The van der Waals surface area contributed by atoms with Gasteiger partial charge in [-0.2, -0.15) is 5.10 Å². The first-order valence-corrected chi connectivity index (χ1v) is 10.4. The number of aromatic amines is 1. The van der Waals surface area contributed by atoms with Gasteiger partial charge in [-0.25, -0.2) is 20.0 Å². The fraction of sp³-hybridized carbons (Fsp3) is 0.455. The van der Waals surface area contributed by atoms with Gasteiger partial charge < -0.3 is 14.4 Å². The minimum Gasteiger partial charge on any atom is -0.444 e. The van der Waals surface area contributed by atoms with Gasteiger partial charge in [-0.15, -0.1) is 0 Å². The third kappa shape index (κ3) is 5.57. The Labute approximate surface area is 186 Å². The number of aromatic nitrogens is 2. The molecule has 1 aromatic heterocycles. The molecular weight excluding hydrogens is 414 g/mol. The number of hydrogen-bond donors (Lipinski definition) is 2. The molecule has 2 N–H and O–H groups in total. The number of H-pyrrole nitrogens is 1. The molecule has 0 radical (unpaired) electrons. The van der Waals surface area contributed by atoms with Crippen LogP contribution in [0, 0.1) is 0 Å². The van der Waals surface area contributed by atoms with Crippen LogP contribution in [0.4, 0.5) is 9.59 Å². The lowest BCUT2D eigenvalue weighted by Gasteiger charge is -2.34. The summed E-state index contributed by atoms with van der Waals surface area (Å²) in [5.41, 5.74) is 4.09. The Morgan fingerprint density at radius 1 is 1.25 bits per heavy atom. The second-order valence-electron chi connectivity index (χ2n) is 8.73. The molecule has 0 saturated heterocycles. The number of amides is 3. The van der Waals surface area contributed by atoms with Crippen LogP contribution in [0.25, 0.3) is 0 Å². The number of nitrogens with one attached hydrogen (secondary N) is 2. The molecule has 10 heteroatoms. The first-order chi connectivity index (χ1) is 15.0. The minimum atomic E-state index is -0.766. The molecule has 32 heavy (non-hydrogen) atoms. The largest absolute Gasteiger partial charge is 0.444 e. The van der Waals surface area contributed by atoms with Crippen LogP contribution in [-0.2, 0) is 29.0 Å². The third-order valence-electron chi connectivity index (χ3n) is 4.92. The van der Waals surface area contributed by atoms with E-state index in [2.05, 4.69) is 15.6 Å². The predicted molar refractivity (Wildman–Crippen MR) is 115 cm³/mol. The van der Waals surface area contributed by atoms with Crippen LogP contribution in [0.1, 0.15) is 55.0 Å². The summed E-state index contributed by atoms with van der Waals surface area (Å²) < 4.78 is 10.6. The molecule has 0 saturated carbocycles. The molecule has 0 fully saturated rings. The first-order valence-electron chi connectivity index (χ1n) is 10.4. The van der Waals surface area contributed by atoms with Gasteiger partial charge >= 0.3 is 12.2 Å². The van der Waals surface area contributed by atoms with Crippen molar-refractivity contribution in [3.8, 4) is 0 Å². The van der Waals surface area contributed by atoms with Crippen LogP contribution in [0.2, 0.25) is 0 Å². The Bertz CT molecular complexity index is 982. The quantitative estimate of drug-likeness (QED) is 0.705. The van der Waals surface area contributed by atoms with Gasteiger partial charge in [0.05, 0.1) is 6.54 Å². The Balaban J connectivity index is 1.64. The average Bonchev–Trinajstić information content (AvgIpc) is 3.13. The van der Waals surface area contributed by atoms with E-state index in [9.17, 15) is 14.4 Å². The highest BCUT2D eigenvalue weighted by molar-refractivity contribution is 5.94. The Morgan fingerprint density at radius 3 is 2.59 bits per heavy atom. The predicted octanol–water partition coefficient (Wildman–Crippen LogP) is 3.00. The summed E-state index contributed by atoms with van der Waals surface area (Å²) in [6, 6.07) is 9.09. The fourth-order valence-electron chi connectivity index (χ4n) is 3.32. The molecule has 2 heterocycles. The van der Waals surface area contributed by atoms with E-state index in [4.69, 9.17) is 9.47 Å². The van der Waals surface area contributed by atoms with Crippen molar-refractivity contribution in [1.29, 1.82) is 0 Å². The topological polar surface area (TPSA) is 117 Å². The second-order valence-corrected chi connectivity index (χ2v) is 8.73. The van der Waals surface area contributed by atoms with Crippen molar-refractivity contribution in [2.45, 2.75) is 58.9 Å². The number of fused-ring (bicyclic) bond motifs is 1. The van der Waals surface area contributed by atoms with Gasteiger partial charge in [-0.3, -0.25) is 9.89 Å². The lowest BCUT2D eigenvalue weighted by molar-refractivity contribution is 0.0136. The van der Waals surface area contributed by atoms with Crippen LogP contribution in [0.3, 0.4) is 0 Å². The van der Waals surface area contributed by atoms with E-state index in [1.54, 1.807) is 25.7 Å². The van der Waals surface area contributed by atoms with E-state index < -0.39 is 23.7 Å². The molecule has 0 bridgehead atoms. The van der Waals surface area contributed by atoms with E-state index in [0.29, 0.717) is 12.0 Å². The highest BCUT2D eigenvalue weighted by Crippen LogP contribution is 2.26. The van der Waals surface area contributed by atoms with Crippen LogP contribution < -0.4 is 5.43 Å². The molecule has 3 amide bonds. The minimum absolute atomic E-state index is 0.0786. The maximum absolute atomic E-state index is 12.9. The average molecular weight is 444 g/mol. The van der Waals surface area contributed by atoms with Crippen molar-refractivity contribution < 1.29 is 23.9 Å². The van der Waals surface area contributed by atoms with Crippen molar-refractivity contribution in [2.75, 3.05) is 7.05 Å². The molecule has 1 aliphatic rings. The van der Waals surface area contributed by atoms with Crippen LogP contribution in [-0.4, -0.2) is 56.9 Å². The maximum Gasteiger partial charge on any atom is 0.426 e. The van der Waals surface area contributed by atoms with Crippen molar-refractivity contribution >= 4 is 18.1 Å². The van der Waals surface area contributed by atoms with Crippen molar-refractivity contribution in [1.82, 2.24) is 25.5 Å². The van der Waals surface area contributed by atoms with Crippen LogP contribution in [0.5, 0.6) is 0 Å². The SMILES string of the molecule is C[C@@H]1Cc2[nH]nc(C(=O)N(C)NC(=O)OCc3ccccc3)c2CN1C(=O)OC(C)(C)C. The van der Waals surface area contributed by atoms with Gasteiger partial charge in [0, 0.05) is 30.8 Å². The number of carbonyl (C=O) groups is 3. The molecule has 1 aromatic carbocycles. The zero-order valence-corrected chi connectivity index (χ0v) is 19.0. The van der Waals surface area contributed by atoms with Gasteiger partial charge in [0.2, 0.25) is 0 Å². The van der Waals surface area contributed by atoms with E-state index in [-0.39, 0.29) is 24.9 Å². The maximum atomic E-state index is 12.9. The normalized spacial score (nSPS) is 15.5. The molecule has 0 aliphatic carbocycles. The van der Waals surface area contributed by atoms with Gasteiger partial charge in [0.1, 0.15) is 12.2 Å². The lowest BCUT2D eigenvalue weighted by atomic mass is 10.00. The lowest BCUT2D eigenvalue weighted by Crippen LogP contribution is -2.46. The molecule has 1 atom stereocenters. The van der Waals surface area contributed by atoms with Crippen LogP contribution in [0.15, 0.2) is 30.3 Å². The second kappa shape index (κ2) is 9.29. The van der Waals surface area contributed by atoms with Gasteiger partial charge in [-0.1, -0.05) is 30.3 Å².